The van der Waals surface area contributed by atoms with Crippen molar-refractivity contribution in [1.82, 2.24) is 0 Å². The van der Waals surface area contributed by atoms with E-state index in [1.54, 1.807) is 0 Å². The Morgan fingerprint density at radius 3 is 2.07 bits per heavy atom. The zero-order chi connectivity index (χ0) is 11.7. The van der Waals surface area contributed by atoms with Gasteiger partial charge in [0.15, 0.2) is 0 Å². The molecule has 2 nitrogen and oxygen atoms in total. The van der Waals surface area contributed by atoms with Gasteiger partial charge in [0.1, 0.15) is 0 Å². The first-order chi connectivity index (χ1) is 7.05. The molecule has 0 amide bonds. The maximum atomic E-state index is 13.3. The molecule has 1 unspecified atom stereocenters. The van der Waals surface area contributed by atoms with Gasteiger partial charge in [-0.05, 0) is 25.2 Å². The second-order valence-electron chi connectivity index (χ2n) is 4.05. The van der Waals surface area contributed by atoms with Gasteiger partial charge in [-0.2, -0.15) is 4.20 Å². The summed E-state index contributed by atoms with van der Waals surface area (Å²) in [7, 11) is -3.79. The Labute approximate surface area is 93.2 Å². The lowest BCUT2D eigenvalue weighted by Crippen LogP contribution is -2.08. The molecule has 4 heteroatoms. The normalized spacial score (nSPS) is 15.5. The minimum absolute atomic E-state index is 0.0535. The minimum Gasteiger partial charge on any atom is -0.305 e. The van der Waals surface area contributed by atoms with Crippen LogP contribution in [0, 0.1) is 5.92 Å². The van der Waals surface area contributed by atoms with Crippen molar-refractivity contribution in [3.8, 4) is 0 Å². The molecule has 0 bridgehead atoms. The van der Waals surface area contributed by atoms with Crippen LogP contribution in [-0.2, 0) is 9.09 Å². The summed E-state index contributed by atoms with van der Waals surface area (Å²) in [5.41, 5.74) is 0. The molecule has 0 aromatic rings. The topological polar surface area (TPSA) is 26.3 Å². The van der Waals surface area contributed by atoms with Crippen molar-refractivity contribution in [1.29, 1.82) is 0 Å². The molecule has 1 atom stereocenters. The van der Waals surface area contributed by atoms with Gasteiger partial charge in [0.25, 0.3) is 0 Å². The summed E-state index contributed by atoms with van der Waals surface area (Å²) in [5, 5.41) is 0. The van der Waals surface area contributed by atoms with E-state index in [4.69, 9.17) is 4.52 Å². The molecule has 0 aromatic heterocycles. The van der Waals surface area contributed by atoms with E-state index in [0.717, 1.165) is 25.7 Å². The number of hydrogen-bond acceptors (Lipinski definition) is 2. The second-order valence-corrected chi connectivity index (χ2v) is 5.94. The summed E-state index contributed by atoms with van der Waals surface area (Å²) in [6.07, 6.45) is 4.81. The van der Waals surface area contributed by atoms with Crippen molar-refractivity contribution in [2.45, 2.75) is 52.9 Å². The van der Waals surface area contributed by atoms with Gasteiger partial charge < -0.3 is 4.52 Å². The zero-order valence-electron chi connectivity index (χ0n) is 10.2. The molecule has 0 aromatic carbocycles. The minimum atomic E-state index is -3.79. The lowest BCUT2D eigenvalue weighted by atomic mass is 10.00. The molecular weight excluding hydrogens is 214 g/mol. The van der Waals surface area contributed by atoms with Crippen molar-refractivity contribution in [2.75, 3.05) is 12.8 Å². The third-order valence-electron chi connectivity index (χ3n) is 2.39. The molecule has 0 aliphatic carbocycles. The van der Waals surface area contributed by atoms with E-state index in [0.29, 0.717) is 18.9 Å². The van der Waals surface area contributed by atoms with Gasteiger partial charge >= 0.3 is 7.68 Å². The van der Waals surface area contributed by atoms with Crippen molar-refractivity contribution < 1.29 is 13.3 Å². The molecule has 0 N–H and O–H groups in total. The monoisotopic (exact) mass is 238 g/mol. The fourth-order valence-electron chi connectivity index (χ4n) is 1.68. The first-order valence-corrected chi connectivity index (χ1v) is 7.69. The Morgan fingerprint density at radius 1 is 1.13 bits per heavy atom. The lowest BCUT2D eigenvalue weighted by Gasteiger charge is -2.16. The quantitative estimate of drug-likeness (QED) is 0.540. The Bertz CT molecular complexity index is 191. The van der Waals surface area contributed by atoms with Crippen LogP contribution in [0.15, 0.2) is 0 Å². The largest absolute Gasteiger partial charge is 0.367 e. The van der Waals surface area contributed by atoms with Crippen LogP contribution in [0.3, 0.4) is 0 Å². The van der Waals surface area contributed by atoms with Crippen molar-refractivity contribution in [2.24, 2.45) is 5.92 Å². The maximum absolute atomic E-state index is 13.3. The van der Waals surface area contributed by atoms with E-state index in [-0.39, 0.29) is 6.16 Å². The van der Waals surface area contributed by atoms with Crippen molar-refractivity contribution in [3.63, 3.8) is 0 Å². The number of hydrogen-bond donors (Lipinski definition) is 0. The molecule has 0 saturated carbocycles. The van der Waals surface area contributed by atoms with Gasteiger partial charge in [-0.3, -0.25) is 4.57 Å². The van der Waals surface area contributed by atoms with E-state index in [2.05, 4.69) is 13.8 Å². The van der Waals surface area contributed by atoms with Gasteiger partial charge in [-0.25, -0.2) is 0 Å². The van der Waals surface area contributed by atoms with Crippen molar-refractivity contribution in [3.05, 3.63) is 0 Å². The van der Waals surface area contributed by atoms with Gasteiger partial charge in [0.2, 0.25) is 0 Å². The Morgan fingerprint density at radius 2 is 1.67 bits per heavy atom. The van der Waals surface area contributed by atoms with Crippen LogP contribution >= 0.6 is 7.68 Å². The summed E-state index contributed by atoms with van der Waals surface area (Å²) in [6.45, 7) is 6.33. The third-order valence-corrected chi connectivity index (χ3v) is 3.90. The van der Waals surface area contributed by atoms with Crippen LogP contribution < -0.4 is 0 Å². The number of rotatable bonds is 9. The first kappa shape index (κ1) is 15.1. The predicted molar refractivity (Wildman–Crippen MR) is 63.1 cm³/mol. The van der Waals surface area contributed by atoms with Gasteiger partial charge in [0, 0.05) is 0 Å². The molecule has 0 aliphatic heterocycles. The highest BCUT2D eigenvalue weighted by Crippen LogP contribution is 2.49. The zero-order valence-corrected chi connectivity index (χ0v) is 11.1. The molecule has 0 saturated heterocycles. The molecular formula is C11H24FO2P. The standard InChI is InChI=1S/C11H24FO2P/c1-4-7-11(8-5-2)10-14-15(12,13)9-6-3/h11H,4-10H2,1-3H3. The highest BCUT2D eigenvalue weighted by molar-refractivity contribution is 7.53. The van der Waals surface area contributed by atoms with E-state index in [1.807, 2.05) is 6.92 Å². The predicted octanol–water partition coefficient (Wildman–Crippen LogP) is 4.79. The van der Waals surface area contributed by atoms with Crippen LogP contribution in [0.5, 0.6) is 0 Å². The van der Waals surface area contributed by atoms with Crippen LogP contribution in [0.4, 0.5) is 4.20 Å². The van der Waals surface area contributed by atoms with Gasteiger partial charge in [-0.15, -0.1) is 0 Å². The van der Waals surface area contributed by atoms with E-state index in [1.165, 1.54) is 0 Å². The Hall–Kier alpha value is 0.120. The highest BCUT2D eigenvalue weighted by Gasteiger charge is 2.22. The second kappa shape index (κ2) is 8.29. The molecule has 0 radical (unpaired) electrons. The third kappa shape index (κ3) is 7.98. The summed E-state index contributed by atoms with van der Waals surface area (Å²) < 4.78 is 29.4. The van der Waals surface area contributed by atoms with Gasteiger partial charge in [-0.1, -0.05) is 33.6 Å². The summed E-state index contributed by atoms with van der Waals surface area (Å²) in [5.74, 6) is 0.362. The molecule has 0 spiro atoms. The average molecular weight is 238 g/mol. The highest BCUT2D eigenvalue weighted by atomic mass is 31.2. The van der Waals surface area contributed by atoms with E-state index >= 15 is 0 Å². The van der Waals surface area contributed by atoms with Gasteiger partial charge in [0.05, 0.1) is 12.8 Å². The van der Waals surface area contributed by atoms with Crippen LogP contribution in [0.2, 0.25) is 0 Å². The van der Waals surface area contributed by atoms with Crippen LogP contribution in [0.25, 0.3) is 0 Å². The SMILES string of the molecule is CCCC(CCC)COP(=O)(F)CCC. The Kier molecular flexibility index (Phi) is 8.36. The molecule has 0 rings (SSSR count). The molecule has 92 valence electrons. The lowest BCUT2D eigenvalue weighted by molar-refractivity contribution is 0.216. The molecule has 0 heterocycles. The smallest absolute Gasteiger partial charge is 0.305 e. The van der Waals surface area contributed by atoms with Crippen LogP contribution in [-0.4, -0.2) is 12.8 Å². The maximum Gasteiger partial charge on any atom is 0.367 e. The van der Waals surface area contributed by atoms with E-state index in [9.17, 15) is 8.76 Å². The average Bonchev–Trinajstić information content (AvgIpc) is 2.15. The first-order valence-electron chi connectivity index (χ1n) is 5.99. The Balaban J connectivity index is 3.91. The van der Waals surface area contributed by atoms with Crippen molar-refractivity contribution >= 4 is 7.68 Å². The fraction of sp³-hybridized carbons (Fsp3) is 1.00. The molecule has 0 aliphatic rings. The summed E-state index contributed by atoms with van der Waals surface area (Å²) in [6, 6.07) is 0. The summed E-state index contributed by atoms with van der Waals surface area (Å²) in [4.78, 5) is 0. The molecule has 15 heavy (non-hydrogen) atoms. The number of halogens is 1. The van der Waals surface area contributed by atoms with E-state index < -0.39 is 7.68 Å². The fourth-order valence-corrected chi connectivity index (χ4v) is 2.77. The summed E-state index contributed by atoms with van der Waals surface area (Å²) >= 11 is 0. The van der Waals surface area contributed by atoms with Crippen LogP contribution in [0.1, 0.15) is 52.9 Å². The molecule has 0 fully saturated rings.